The molecule has 0 unspecified atom stereocenters. The SMILES string of the molecule is FCCCNCc1ccc(Cl)c(Br)c1. The summed E-state index contributed by atoms with van der Waals surface area (Å²) in [5.41, 5.74) is 1.14. The number of hydrogen-bond donors (Lipinski definition) is 1. The van der Waals surface area contributed by atoms with Gasteiger partial charge in [0.15, 0.2) is 0 Å². The Kier molecular flexibility index (Phi) is 5.45. The molecule has 1 aromatic carbocycles. The Labute approximate surface area is 96.8 Å². The minimum Gasteiger partial charge on any atom is -0.313 e. The zero-order chi connectivity index (χ0) is 10.4. The normalized spacial score (nSPS) is 10.5. The highest BCUT2D eigenvalue weighted by Crippen LogP contribution is 2.22. The van der Waals surface area contributed by atoms with Gasteiger partial charge in [0, 0.05) is 11.0 Å². The summed E-state index contributed by atoms with van der Waals surface area (Å²) in [4.78, 5) is 0. The van der Waals surface area contributed by atoms with Crippen molar-refractivity contribution in [3.63, 3.8) is 0 Å². The van der Waals surface area contributed by atoms with Gasteiger partial charge >= 0.3 is 0 Å². The summed E-state index contributed by atoms with van der Waals surface area (Å²) in [6, 6.07) is 5.76. The molecule has 0 radical (unpaired) electrons. The third-order valence-corrected chi connectivity index (χ3v) is 3.01. The van der Waals surface area contributed by atoms with E-state index in [2.05, 4.69) is 21.2 Å². The summed E-state index contributed by atoms with van der Waals surface area (Å²) in [6.45, 7) is 1.18. The zero-order valence-corrected chi connectivity index (χ0v) is 10.0. The molecule has 0 aliphatic heterocycles. The molecule has 0 atom stereocenters. The maximum atomic E-state index is 11.8. The molecular formula is C10H12BrClFN. The number of rotatable bonds is 5. The van der Waals surface area contributed by atoms with Crippen molar-refractivity contribution < 1.29 is 4.39 Å². The largest absolute Gasteiger partial charge is 0.313 e. The van der Waals surface area contributed by atoms with E-state index in [0.29, 0.717) is 18.0 Å². The van der Waals surface area contributed by atoms with E-state index < -0.39 is 0 Å². The summed E-state index contributed by atoms with van der Waals surface area (Å²) in [6.07, 6.45) is 0.564. The minimum absolute atomic E-state index is 0.267. The van der Waals surface area contributed by atoms with E-state index in [1.54, 1.807) is 0 Å². The molecule has 0 saturated carbocycles. The minimum atomic E-state index is -0.267. The number of nitrogens with one attached hydrogen (secondary N) is 1. The number of hydrogen-bond acceptors (Lipinski definition) is 1. The lowest BCUT2D eigenvalue weighted by molar-refractivity contribution is 0.459. The van der Waals surface area contributed by atoms with Crippen LogP contribution in [0.15, 0.2) is 22.7 Å². The Morgan fingerprint density at radius 3 is 2.86 bits per heavy atom. The van der Waals surface area contributed by atoms with Gasteiger partial charge in [-0.05, 0) is 46.6 Å². The first-order chi connectivity index (χ1) is 6.74. The van der Waals surface area contributed by atoms with Crippen LogP contribution in [0.2, 0.25) is 5.02 Å². The average molecular weight is 281 g/mol. The Balaban J connectivity index is 2.39. The standard InChI is InChI=1S/C10H12BrClFN/c11-9-6-8(2-3-10(9)12)7-14-5-1-4-13/h2-3,6,14H,1,4-5,7H2. The van der Waals surface area contributed by atoms with E-state index in [4.69, 9.17) is 11.6 Å². The van der Waals surface area contributed by atoms with E-state index >= 15 is 0 Å². The molecule has 1 rings (SSSR count). The molecule has 0 amide bonds. The van der Waals surface area contributed by atoms with Gasteiger partial charge in [0.25, 0.3) is 0 Å². The van der Waals surface area contributed by atoms with Crippen LogP contribution in [0.25, 0.3) is 0 Å². The van der Waals surface area contributed by atoms with E-state index in [-0.39, 0.29) is 6.67 Å². The number of alkyl halides is 1. The number of halogens is 3. The van der Waals surface area contributed by atoms with Gasteiger partial charge in [-0.2, -0.15) is 0 Å². The van der Waals surface area contributed by atoms with Gasteiger partial charge in [-0.25, -0.2) is 0 Å². The van der Waals surface area contributed by atoms with Crippen LogP contribution in [0.1, 0.15) is 12.0 Å². The number of benzene rings is 1. The first-order valence-corrected chi connectivity index (χ1v) is 5.61. The fourth-order valence-electron chi connectivity index (χ4n) is 1.07. The molecular weight excluding hydrogens is 268 g/mol. The summed E-state index contributed by atoms with van der Waals surface area (Å²) in [5.74, 6) is 0. The molecule has 0 saturated heterocycles. The maximum absolute atomic E-state index is 11.8. The van der Waals surface area contributed by atoms with E-state index in [1.165, 1.54) is 0 Å². The van der Waals surface area contributed by atoms with Crippen molar-refractivity contribution in [2.45, 2.75) is 13.0 Å². The van der Waals surface area contributed by atoms with Crippen LogP contribution >= 0.6 is 27.5 Å². The van der Waals surface area contributed by atoms with Crippen LogP contribution in [-0.4, -0.2) is 13.2 Å². The Bertz CT molecular complexity index is 293. The molecule has 1 N–H and O–H groups in total. The van der Waals surface area contributed by atoms with Crippen LogP contribution < -0.4 is 5.32 Å². The van der Waals surface area contributed by atoms with E-state index in [0.717, 1.165) is 16.6 Å². The lowest BCUT2D eigenvalue weighted by atomic mass is 10.2. The highest BCUT2D eigenvalue weighted by molar-refractivity contribution is 9.10. The fourth-order valence-corrected chi connectivity index (χ4v) is 1.62. The van der Waals surface area contributed by atoms with Crippen molar-refractivity contribution in [1.29, 1.82) is 0 Å². The third kappa shape index (κ3) is 3.95. The molecule has 0 bridgehead atoms. The second-order valence-electron chi connectivity index (χ2n) is 2.97. The van der Waals surface area contributed by atoms with Gasteiger partial charge in [-0.15, -0.1) is 0 Å². The highest BCUT2D eigenvalue weighted by atomic mass is 79.9. The second kappa shape index (κ2) is 6.38. The molecule has 1 nitrogen and oxygen atoms in total. The third-order valence-electron chi connectivity index (χ3n) is 1.80. The summed E-state index contributed by atoms with van der Waals surface area (Å²) >= 11 is 9.20. The molecule has 0 aliphatic carbocycles. The van der Waals surface area contributed by atoms with Crippen molar-refractivity contribution in [2.75, 3.05) is 13.2 Å². The summed E-state index contributed by atoms with van der Waals surface area (Å²) in [7, 11) is 0. The molecule has 0 aliphatic rings. The predicted octanol–water partition coefficient (Wildman–Crippen LogP) is 3.55. The zero-order valence-electron chi connectivity index (χ0n) is 7.69. The second-order valence-corrected chi connectivity index (χ2v) is 4.23. The van der Waals surface area contributed by atoms with Crippen molar-refractivity contribution in [1.82, 2.24) is 5.32 Å². The maximum Gasteiger partial charge on any atom is 0.0906 e. The van der Waals surface area contributed by atoms with E-state index in [1.807, 2.05) is 18.2 Å². The monoisotopic (exact) mass is 279 g/mol. The van der Waals surface area contributed by atoms with E-state index in [9.17, 15) is 4.39 Å². The first kappa shape index (κ1) is 12.0. The molecule has 0 fully saturated rings. The highest BCUT2D eigenvalue weighted by Gasteiger charge is 1.98. The topological polar surface area (TPSA) is 12.0 Å². The smallest absolute Gasteiger partial charge is 0.0906 e. The summed E-state index contributed by atoms with van der Waals surface area (Å²) in [5, 5.41) is 3.85. The van der Waals surface area contributed by atoms with Crippen LogP contribution in [-0.2, 0) is 6.54 Å². The predicted molar refractivity (Wildman–Crippen MR) is 61.5 cm³/mol. The molecule has 4 heteroatoms. The lowest BCUT2D eigenvalue weighted by Crippen LogP contribution is -2.15. The lowest BCUT2D eigenvalue weighted by Gasteiger charge is -2.04. The van der Waals surface area contributed by atoms with Crippen LogP contribution in [0.5, 0.6) is 0 Å². The molecule has 1 aromatic rings. The quantitative estimate of drug-likeness (QED) is 0.813. The van der Waals surface area contributed by atoms with Gasteiger partial charge in [0.2, 0.25) is 0 Å². The Morgan fingerprint density at radius 2 is 2.21 bits per heavy atom. The fraction of sp³-hybridized carbons (Fsp3) is 0.400. The molecule has 0 aromatic heterocycles. The van der Waals surface area contributed by atoms with Gasteiger partial charge in [0.05, 0.1) is 11.7 Å². The van der Waals surface area contributed by atoms with Crippen molar-refractivity contribution in [3.8, 4) is 0 Å². The van der Waals surface area contributed by atoms with Crippen LogP contribution in [0.3, 0.4) is 0 Å². The van der Waals surface area contributed by atoms with Crippen LogP contribution in [0.4, 0.5) is 4.39 Å². The van der Waals surface area contributed by atoms with Gasteiger partial charge < -0.3 is 5.32 Å². The molecule has 0 heterocycles. The average Bonchev–Trinajstić information content (AvgIpc) is 2.18. The van der Waals surface area contributed by atoms with Crippen LogP contribution in [0, 0.1) is 0 Å². The Hall–Kier alpha value is -0.120. The van der Waals surface area contributed by atoms with Gasteiger partial charge in [-0.1, -0.05) is 17.7 Å². The van der Waals surface area contributed by atoms with Crippen molar-refractivity contribution in [3.05, 3.63) is 33.3 Å². The van der Waals surface area contributed by atoms with Gasteiger partial charge in [-0.3, -0.25) is 4.39 Å². The first-order valence-electron chi connectivity index (χ1n) is 4.44. The Morgan fingerprint density at radius 1 is 1.43 bits per heavy atom. The van der Waals surface area contributed by atoms with Crippen molar-refractivity contribution in [2.24, 2.45) is 0 Å². The summed E-state index contributed by atoms with van der Waals surface area (Å²) < 4.78 is 12.7. The van der Waals surface area contributed by atoms with Gasteiger partial charge in [0.1, 0.15) is 0 Å². The molecule has 14 heavy (non-hydrogen) atoms. The molecule has 78 valence electrons. The molecule has 0 spiro atoms. The van der Waals surface area contributed by atoms with Crippen molar-refractivity contribution >= 4 is 27.5 Å².